The maximum absolute atomic E-state index is 14.3. The number of aliphatic hydroxyl groups excluding tert-OH is 3. The Balaban J connectivity index is 2.39. The van der Waals surface area contributed by atoms with Gasteiger partial charge >= 0.3 is 11.9 Å². The van der Waals surface area contributed by atoms with E-state index in [1.807, 2.05) is 0 Å². The average molecular weight is 1470 g/mol. The lowest BCUT2D eigenvalue weighted by atomic mass is 9.96. The second kappa shape index (κ2) is 47.1. The van der Waals surface area contributed by atoms with Crippen molar-refractivity contribution in [3.05, 3.63) is 65.7 Å². The van der Waals surface area contributed by atoms with Crippen LogP contribution in [0.4, 0.5) is 0 Å². The van der Waals surface area contributed by atoms with E-state index in [1.54, 1.807) is 51.1 Å². The number of carbonyl (C=O) groups is 13. The third-order valence-electron chi connectivity index (χ3n) is 16.6. The first-order valence-electron chi connectivity index (χ1n) is 34.2. The molecule has 0 aromatic heterocycles. The largest absolute Gasteiger partial charge is 0.508 e. The lowest BCUT2D eigenvalue weighted by Gasteiger charge is -2.30. The van der Waals surface area contributed by atoms with E-state index < -0.39 is 193 Å². The van der Waals surface area contributed by atoms with Gasteiger partial charge in [-0.05, 0) is 107 Å². The maximum atomic E-state index is 14.3. The highest BCUT2D eigenvalue weighted by atomic mass is 16.4. The van der Waals surface area contributed by atoms with Crippen molar-refractivity contribution in [3.63, 3.8) is 0 Å². The molecule has 0 unspecified atom stereocenters. The van der Waals surface area contributed by atoms with Crippen molar-refractivity contribution >= 4 is 88.8 Å². The van der Waals surface area contributed by atoms with Gasteiger partial charge in [-0.15, -0.1) is 0 Å². The number of rotatable bonds is 49. The molecule has 38 nitrogen and oxygen atoms in total. The number of hydrogen-bond donors (Lipinski definition) is 23. The molecule has 0 heterocycles. The summed E-state index contributed by atoms with van der Waals surface area (Å²) in [6.07, 6.45) is -3.72. The van der Waals surface area contributed by atoms with Crippen LogP contribution in [0.3, 0.4) is 0 Å². The Hall–Kier alpha value is -10.3. The summed E-state index contributed by atoms with van der Waals surface area (Å²) in [6, 6.07) is -3.44. The molecule has 0 aliphatic carbocycles. The van der Waals surface area contributed by atoms with E-state index in [9.17, 15) is 93.0 Å². The number of phenols is 1. The number of aliphatic hydroxyl groups is 3. The van der Waals surface area contributed by atoms with Crippen LogP contribution in [0.2, 0.25) is 0 Å². The normalized spacial score (nSPS) is 15.4. The first kappa shape index (κ1) is 89.8. The molecule has 11 amide bonds. The summed E-state index contributed by atoms with van der Waals surface area (Å²) in [5.74, 6) is -16.1. The van der Waals surface area contributed by atoms with Gasteiger partial charge in [0.25, 0.3) is 0 Å². The zero-order valence-electron chi connectivity index (χ0n) is 59.4. The fourth-order valence-corrected chi connectivity index (χ4v) is 10.1. The van der Waals surface area contributed by atoms with Crippen LogP contribution in [0.5, 0.6) is 5.75 Å². The van der Waals surface area contributed by atoms with E-state index in [-0.39, 0.29) is 82.2 Å². The summed E-state index contributed by atoms with van der Waals surface area (Å²) in [4.78, 5) is 185. The van der Waals surface area contributed by atoms with Crippen LogP contribution >= 0.6 is 0 Å². The number of amides is 11. The molecule has 29 N–H and O–H groups in total. The van der Waals surface area contributed by atoms with Crippen LogP contribution in [-0.2, 0) is 75.2 Å². The van der Waals surface area contributed by atoms with E-state index in [1.165, 1.54) is 31.2 Å². The predicted octanol–water partition coefficient (Wildman–Crippen LogP) is -6.50. The van der Waals surface area contributed by atoms with Crippen LogP contribution < -0.4 is 92.9 Å². The molecule has 0 aliphatic rings. The Labute approximate surface area is 602 Å². The maximum Gasteiger partial charge on any atom is 0.326 e. The van der Waals surface area contributed by atoms with Gasteiger partial charge in [-0.25, -0.2) is 4.79 Å². The molecule has 0 radical (unpaired) electrons. The van der Waals surface area contributed by atoms with Gasteiger partial charge in [0.2, 0.25) is 65.0 Å². The number of nitrogens with one attached hydrogen (secondary N) is 11. The topological polar surface area (TPSA) is 656 Å². The molecule has 38 heteroatoms. The minimum Gasteiger partial charge on any atom is -0.508 e. The molecular weight excluding hydrogens is 1360 g/mol. The van der Waals surface area contributed by atoms with Crippen LogP contribution in [-0.4, -0.2) is 231 Å². The van der Waals surface area contributed by atoms with E-state index in [4.69, 9.17) is 34.4 Å². The van der Waals surface area contributed by atoms with Crippen molar-refractivity contribution in [3.8, 4) is 5.75 Å². The molecule has 2 aromatic rings. The van der Waals surface area contributed by atoms with Crippen molar-refractivity contribution in [2.75, 3.05) is 32.8 Å². The number of phenolic OH excluding ortho intramolecular Hbond substituents is 1. The number of carboxylic acid groups (broad SMARTS) is 2. The van der Waals surface area contributed by atoms with Crippen molar-refractivity contribution in [1.29, 1.82) is 0 Å². The molecule has 2 aromatic carbocycles. The molecule has 0 spiro atoms. The Morgan fingerprint density at radius 1 is 0.452 bits per heavy atom. The first-order chi connectivity index (χ1) is 49.1. The minimum atomic E-state index is -1.92. The summed E-state index contributed by atoms with van der Waals surface area (Å²) < 4.78 is 0. The number of aliphatic carboxylic acids is 2. The minimum absolute atomic E-state index is 0.00574. The van der Waals surface area contributed by atoms with Gasteiger partial charge in [-0.1, -0.05) is 83.0 Å². The second-order valence-corrected chi connectivity index (χ2v) is 25.1. The number of unbranched alkanes of at least 4 members (excludes halogenated alkanes) is 1. The number of aliphatic imine (C=N–C) groups is 2. The molecule has 0 saturated carbocycles. The van der Waals surface area contributed by atoms with Gasteiger partial charge in [-0.2, -0.15) is 0 Å². The third kappa shape index (κ3) is 33.2. The number of carbonyl (C=O) groups excluding carboxylic acids is 11. The number of aromatic hydroxyl groups is 1. The Morgan fingerprint density at radius 2 is 0.856 bits per heavy atom. The molecular formula is C66H107N19O19. The third-order valence-corrected chi connectivity index (χ3v) is 16.6. The molecule has 0 saturated heterocycles. The van der Waals surface area contributed by atoms with E-state index in [0.717, 1.165) is 13.8 Å². The molecule has 0 fully saturated rings. The fourth-order valence-electron chi connectivity index (χ4n) is 10.1. The number of benzene rings is 2. The molecule has 2 rings (SSSR count). The highest BCUT2D eigenvalue weighted by Gasteiger charge is 2.39. The average Bonchev–Trinajstić information content (AvgIpc) is 0.859. The number of carboxylic acids is 2. The molecule has 104 heavy (non-hydrogen) atoms. The number of hydrogen-bond acceptors (Lipinski definition) is 21. The van der Waals surface area contributed by atoms with Crippen molar-refractivity contribution < 1.29 is 93.0 Å². The predicted molar refractivity (Wildman–Crippen MR) is 379 cm³/mol. The van der Waals surface area contributed by atoms with E-state index in [0.29, 0.717) is 36.8 Å². The second-order valence-electron chi connectivity index (χ2n) is 25.1. The quantitative estimate of drug-likeness (QED) is 0.0166. The molecule has 580 valence electrons. The Kier molecular flexibility index (Phi) is 40.6. The summed E-state index contributed by atoms with van der Waals surface area (Å²) >= 11 is 0. The van der Waals surface area contributed by atoms with Crippen LogP contribution in [0, 0.1) is 11.8 Å². The zero-order valence-corrected chi connectivity index (χ0v) is 59.4. The van der Waals surface area contributed by atoms with Crippen molar-refractivity contribution in [1.82, 2.24) is 58.5 Å². The zero-order chi connectivity index (χ0) is 78.3. The van der Waals surface area contributed by atoms with Crippen molar-refractivity contribution in [2.24, 2.45) is 56.2 Å². The van der Waals surface area contributed by atoms with E-state index >= 15 is 0 Å². The Bertz CT molecular complexity index is 3210. The van der Waals surface area contributed by atoms with Gasteiger partial charge in [0, 0.05) is 32.4 Å². The van der Waals surface area contributed by atoms with Crippen LogP contribution in [0.15, 0.2) is 64.6 Å². The monoisotopic (exact) mass is 1470 g/mol. The summed E-state index contributed by atoms with van der Waals surface area (Å²) in [5.41, 5.74) is 34.3. The fraction of sp³-hybridized carbons (Fsp3) is 0.591. The molecule has 15 atom stereocenters. The summed E-state index contributed by atoms with van der Waals surface area (Å²) in [6.45, 7) is 7.10. The van der Waals surface area contributed by atoms with Gasteiger partial charge in [0.05, 0.1) is 31.4 Å². The molecule has 0 bridgehead atoms. The highest BCUT2D eigenvalue weighted by molar-refractivity contribution is 5.99. The van der Waals surface area contributed by atoms with E-state index in [2.05, 4.69) is 68.5 Å². The van der Waals surface area contributed by atoms with Crippen molar-refractivity contribution in [2.45, 2.75) is 204 Å². The lowest BCUT2D eigenvalue weighted by Crippen LogP contribution is -2.63. The SMILES string of the molecule is CC[C@H](C)[C@H](NC(=O)[C@@H](NC(=O)[C@H](CO)NC(=O)[C@H](Cc1ccccc1)NC(=O)[C@@H](NC(=O)[C@@H](N)CCCN=C(N)N)[C@@H](C)CC)[C@@H](C)O)C(=O)N[C@@H](CCC(=O)O)C(=O)NCC(=O)N[C@@H](CCCN=C(N)N)C(=O)N[C@H](C(=O)N[C@@H](Cc1ccc(O)cc1)C(=O)N[C@@H](CCCCN)C(=O)O)[C@@H](C)O. The van der Waals surface area contributed by atoms with Gasteiger partial charge < -0.3 is 124 Å². The van der Waals surface area contributed by atoms with Crippen LogP contribution in [0.1, 0.15) is 123 Å². The lowest BCUT2D eigenvalue weighted by molar-refractivity contribution is -0.142. The van der Waals surface area contributed by atoms with Crippen LogP contribution in [0.25, 0.3) is 0 Å². The van der Waals surface area contributed by atoms with Gasteiger partial charge in [0.15, 0.2) is 11.9 Å². The summed E-state index contributed by atoms with van der Waals surface area (Å²) in [7, 11) is 0. The number of nitrogens with zero attached hydrogens (tertiary/aromatic N) is 2. The van der Waals surface area contributed by atoms with Gasteiger partial charge in [-0.3, -0.25) is 67.5 Å². The standard InChI is InChI=1S/C66H107N19O19/c1-7-34(3)50(82-54(93)41(68)18-14-28-73-65(69)70)61(100)79-45(30-38-16-10-9-11-17-38)58(97)81-47(33-86)59(98)85-53(37(6)88)63(102)83-51(35(4)8-2)60(99)77-43(25-26-49(91)92)55(94)75-32-48(90)76-42(20-15-29-74-66(71)72)56(95)84-52(36(5)87)62(101)80-46(31-39-21-23-40(89)24-22-39)57(96)78-44(64(103)104)19-12-13-27-67/h9-11,16-17,21-24,34-37,41-47,50-53,86-89H,7-8,12-15,18-20,25-33,67-68H2,1-6H3,(H,75,94)(H,76,90)(H,77,99)(H,78,96)(H,79,100)(H,80,101)(H,81,97)(H,82,93)(H,83,102)(H,84,95)(H,85,98)(H,91,92)(H,103,104)(H4,69,70,73)(H4,71,72,74)/t34-,35-,36+,37+,41-,42-,43-,44-,45-,46-,47-,50-,51-,52-,53-/m0/s1. The smallest absolute Gasteiger partial charge is 0.326 e. The number of guanidine groups is 2. The molecule has 0 aliphatic heterocycles. The highest BCUT2D eigenvalue weighted by Crippen LogP contribution is 2.16. The summed E-state index contributed by atoms with van der Waals surface area (Å²) in [5, 5.41) is 88.3. The number of nitrogens with two attached hydrogens (primary N) is 6. The van der Waals surface area contributed by atoms with Gasteiger partial charge in [0.1, 0.15) is 66.2 Å². The first-order valence-corrected chi connectivity index (χ1v) is 34.2. The Morgan fingerprint density at radius 3 is 1.32 bits per heavy atom.